The van der Waals surface area contributed by atoms with Crippen LogP contribution in [0.3, 0.4) is 0 Å². The maximum Gasteiger partial charge on any atom is 0.417 e. The molecule has 1 aromatic carbocycles. The highest BCUT2D eigenvalue weighted by Crippen LogP contribution is 2.37. The monoisotopic (exact) mass is 407 g/mol. The molecule has 1 aromatic heterocycles. The van der Waals surface area contributed by atoms with E-state index in [9.17, 15) is 18.0 Å². The molecule has 3 rings (SSSR count). The van der Waals surface area contributed by atoms with Gasteiger partial charge in [0.05, 0.1) is 17.4 Å². The number of hydrogen-bond donors (Lipinski definition) is 2. The Morgan fingerprint density at radius 3 is 2.73 bits per heavy atom. The average Bonchev–Trinajstić information content (AvgIpc) is 3.23. The summed E-state index contributed by atoms with van der Waals surface area (Å²) in [5.41, 5.74) is 4.89. The average molecular weight is 408 g/mol. The summed E-state index contributed by atoms with van der Waals surface area (Å²) in [5.74, 6) is -0.360. The molecule has 1 amide bonds. The van der Waals surface area contributed by atoms with Gasteiger partial charge in [0.15, 0.2) is 5.13 Å². The Labute approximate surface area is 158 Å². The molecular formula is C16H17ClF3N3O2S. The fourth-order valence-corrected chi connectivity index (χ4v) is 3.38. The molecule has 5 nitrogen and oxygen atoms in total. The normalized spacial score (nSPS) is 19.8. The van der Waals surface area contributed by atoms with Crippen molar-refractivity contribution in [1.82, 2.24) is 4.98 Å². The molecule has 0 unspecified atom stereocenters. The van der Waals surface area contributed by atoms with Crippen LogP contribution in [0.1, 0.15) is 18.4 Å². The maximum atomic E-state index is 13.1. The number of aromatic nitrogens is 1. The van der Waals surface area contributed by atoms with Crippen molar-refractivity contribution >= 4 is 34.8 Å². The summed E-state index contributed by atoms with van der Waals surface area (Å²) >= 11 is 1.07. The summed E-state index contributed by atoms with van der Waals surface area (Å²) in [6.07, 6.45) is -3.96. The van der Waals surface area contributed by atoms with Crippen molar-refractivity contribution in [3.8, 4) is 11.3 Å². The van der Waals surface area contributed by atoms with E-state index < -0.39 is 17.8 Å². The molecule has 2 heterocycles. The van der Waals surface area contributed by atoms with Gasteiger partial charge in [-0.3, -0.25) is 10.1 Å². The van der Waals surface area contributed by atoms with Crippen LogP contribution in [-0.2, 0) is 15.7 Å². The van der Waals surface area contributed by atoms with Gasteiger partial charge in [0, 0.05) is 17.5 Å². The number of nitrogens with two attached hydrogens (primary N) is 1. The van der Waals surface area contributed by atoms with Crippen molar-refractivity contribution < 1.29 is 22.7 Å². The zero-order valence-electron chi connectivity index (χ0n) is 13.5. The van der Waals surface area contributed by atoms with E-state index in [1.165, 1.54) is 23.6 Å². The van der Waals surface area contributed by atoms with Gasteiger partial charge < -0.3 is 10.5 Å². The van der Waals surface area contributed by atoms with E-state index in [0.717, 1.165) is 17.4 Å². The van der Waals surface area contributed by atoms with Crippen LogP contribution >= 0.6 is 23.7 Å². The highest BCUT2D eigenvalue weighted by molar-refractivity contribution is 7.14. The first-order chi connectivity index (χ1) is 11.9. The second-order valence-electron chi connectivity index (χ2n) is 5.63. The number of amides is 1. The van der Waals surface area contributed by atoms with Crippen molar-refractivity contribution in [2.45, 2.75) is 31.2 Å². The molecule has 0 radical (unpaired) electrons. The van der Waals surface area contributed by atoms with Gasteiger partial charge in [0.1, 0.15) is 6.10 Å². The Kier molecular flexibility index (Phi) is 6.62. The van der Waals surface area contributed by atoms with Crippen LogP contribution in [0.25, 0.3) is 11.3 Å². The molecule has 1 aliphatic heterocycles. The molecule has 1 fully saturated rings. The molecular weight excluding hydrogens is 391 g/mol. The summed E-state index contributed by atoms with van der Waals surface area (Å²) < 4.78 is 44.8. The van der Waals surface area contributed by atoms with Gasteiger partial charge in [-0.05, 0) is 18.9 Å². The third kappa shape index (κ3) is 4.53. The third-order valence-electron chi connectivity index (χ3n) is 3.91. The van der Waals surface area contributed by atoms with E-state index >= 15 is 0 Å². The summed E-state index contributed by atoms with van der Waals surface area (Å²) in [5, 5.41) is 4.32. The molecule has 2 atom stereocenters. The number of ether oxygens (including phenoxy) is 1. The topological polar surface area (TPSA) is 77.2 Å². The molecule has 2 aromatic rings. The Balaban J connectivity index is 0.00000243. The Morgan fingerprint density at radius 2 is 2.08 bits per heavy atom. The van der Waals surface area contributed by atoms with Gasteiger partial charge in [0.2, 0.25) is 0 Å². The Hall–Kier alpha value is -1.68. The molecule has 0 aliphatic carbocycles. The number of nitrogens with zero attached hydrogens (tertiary/aromatic N) is 1. The zero-order valence-corrected chi connectivity index (χ0v) is 15.1. The lowest BCUT2D eigenvalue weighted by Crippen LogP contribution is -2.29. The van der Waals surface area contributed by atoms with E-state index in [4.69, 9.17) is 10.5 Å². The van der Waals surface area contributed by atoms with Crippen molar-refractivity contribution in [1.29, 1.82) is 0 Å². The smallest absolute Gasteiger partial charge is 0.364 e. The minimum atomic E-state index is -4.47. The largest absolute Gasteiger partial charge is 0.417 e. The van der Waals surface area contributed by atoms with Gasteiger partial charge in [-0.25, -0.2) is 4.98 Å². The number of alkyl halides is 3. The van der Waals surface area contributed by atoms with Crippen LogP contribution < -0.4 is 11.1 Å². The van der Waals surface area contributed by atoms with Crippen LogP contribution in [0.2, 0.25) is 0 Å². The fraction of sp³-hybridized carbons (Fsp3) is 0.375. The summed E-state index contributed by atoms with van der Waals surface area (Å²) in [6.45, 7) is 0.347. The molecule has 0 bridgehead atoms. The van der Waals surface area contributed by atoms with Crippen LogP contribution in [0.4, 0.5) is 18.3 Å². The first-order valence-corrected chi connectivity index (χ1v) is 8.55. The number of anilines is 1. The van der Waals surface area contributed by atoms with Crippen LogP contribution in [0.5, 0.6) is 0 Å². The number of benzene rings is 1. The lowest BCUT2D eigenvalue weighted by molar-refractivity contribution is -0.137. The second kappa shape index (κ2) is 8.34. The van der Waals surface area contributed by atoms with Crippen molar-refractivity contribution in [3.63, 3.8) is 0 Å². The number of nitrogens with one attached hydrogen (secondary N) is 1. The maximum absolute atomic E-state index is 13.1. The highest BCUT2D eigenvalue weighted by Gasteiger charge is 2.34. The van der Waals surface area contributed by atoms with Crippen molar-refractivity contribution in [3.05, 3.63) is 35.2 Å². The summed E-state index contributed by atoms with van der Waals surface area (Å²) in [6, 6.07) is 5.20. The predicted octanol–water partition coefficient (Wildman–Crippen LogP) is 3.70. The lowest BCUT2D eigenvalue weighted by atomic mass is 10.1. The standard InChI is InChI=1S/C16H16F3N3O2S.ClH/c17-16(18,19)11-4-2-1-3-10(11)12-8-25-15(21-12)22-14(23)13-6-5-9(7-20)24-13;/h1-4,8-9,13H,5-7,20H2,(H,21,22,23);1H/t9-,13+;/m1./s1. The Morgan fingerprint density at radius 1 is 1.35 bits per heavy atom. The second-order valence-corrected chi connectivity index (χ2v) is 6.49. The number of carbonyl (C=O) groups excluding carboxylic acids is 1. The molecule has 3 N–H and O–H groups in total. The first kappa shape index (κ1) is 20.6. The van der Waals surface area contributed by atoms with E-state index in [1.807, 2.05) is 0 Å². The van der Waals surface area contributed by atoms with Crippen LogP contribution in [0.15, 0.2) is 29.6 Å². The molecule has 142 valence electrons. The number of halogens is 4. The van der Waals surface area contributed by atoms with Gasteiger partial charge in [-0.1, -0.05) is 18.2 Å². The molecule has 1 saturated heterocycles. The van der Waals surface area contributed by atoms with Crippen LogP contribution in [-0.4, -0.2) is 29.6 Å². The first-order valence-electron chi connectivity index (χ1n) is 7.67. The van der Waals surface area contributed by atoms with Gasteiger partial charge in [-0.2, -0.15) is 13.2 Å². The van der Waals surface area contributed by atoms with E-state index in [-0.39, 0.29) is 40.8 Å². The number of carbonyl (C=O) groups is 1. The van der Waals surface area contributed by atoms with E-state index in [2.05, 4.69) is 10.3 Å². The molecule has 1 aliphatic rings. The molecule has 0 spiro atoms. The number of hydrogen-bond acceptors (Lipinski definition) is 5. The summed E-state index contributed by atoms with van der Waals surface area (Å²) in [7, 11) is 0. The summed E-state index contributed by atoms with van der Waals surface area (Å²) in [4.78, 5) is 16.3. The molecule has 10 heteroatoms. The zero-order chi connectivity index (χ0) is 18.0. The van der Waals surface area contributed by atoms with E-state index in [1.54, 1.807) is 0 Å². The number of rotatable bonds is 4. The Bertz CT molecular complexity index is 769. The minimum Gasteiger partial charge on any atom is -0.364 e. The van der Waals surface area contributed by atoms with E-state index in [0.29, 0.717) is 19.4 Å². The minimum absolute atomic E-state index is 0. The molecule has 0 saturated carbocycles. The quantitative estimate of drug-likeness (QED) is 0.810. The van der Waals surface area contributed by atoms with Crippen molar-refractivity contribution in [2.24, 2.45) is 5.73 Å². The number of thiazole rings is 1. The van der Waals surface area contributed by atoms with Gasteiger partial charge in [-0.15, -0.1) is 23.7 Å². The highest BCUT2D eigenvalue weighted by atomic mass is 35.5. The van der Waals surface area contributed by atoms with Crippen molar-refractivity contribution in [2.75, 3.05) is 11.9 Å². The van der Waals surface area contributed by atoms with Gasteiger partial charge in [0.25, 0.3) is 5.91 Å². The fourth-order valence-electron chi connectivity index (χ4n) is 2.67. The van der Waals surface area contributed by atoms with Crippen LogP contribution in [0, 0.1) is 0 Å². The SMILES string of the molecule is Cl.NC[C@H]1CC[C@@H](C(=O)Nc2nc(-c3ccccc3C(F)(F)F)cs2)O1. The third-order valence-corrected chi connectivity index (χ3v) is 4.66. The van der Waals surface area contributed by atoms with Gasteiger partial charge >= 0.3 is 6.18 Å². The predicted molar refractivity (Wildman–Crippen MR) is 95.4 cm³/mol. The molecule has 26 heavy (non-hydrogen) atoms. The lowest BCUT2D eigenvalue weighted by Gasteiger charge is -2.11.